The Morgan fingerprint density at radius 1 is 1.31 bits per heavy atom. The van der Waals surface area contributed by atoms with Crippen molar-refractivity contribution in [2.75, 3.05) is 19.7 Å². The third-order valence-corrected chi connectivity index (χ3v) is 3.10. The molecule has 0 unspecified atom stereocenters. The summed E-state index contributed by atoms with van der Waals surface area (Å²) in [6.07, 6.45) is 3.87. The largest absolute Gasteiger partial charge is 0.379 e. The number of hydrogen-bond acceptors (Lipinski definition) is 3. The summed E-state index contributed by atoms with van der Waals surface area (Å²) in [6, 6.07) is 2.20. The molecular weight excluding hydrogens is 218 g/mol. The van der Waals surface area contributed by atoms with Gasteiger partial charge in [0, 0.05) is 6.61 Å². The van der Waals surface area contributed by atoms with E-state index < -0.39 is 0 Å². The normalized spacial score (nSPS) is 11.2. The predicted octanol–water partition coefficient (Wildman–Crippen LogP) is 3.09. The van der Waals surface area contributed by atoms with Gasteiger partial charge in [-0.2, -0.15) is 11.3 Å². The Hall–Kier alpha value is -0.380. The molecule has 0 aromatic carbocycles. The molecule has 1 aromatic heterocycles. The molecule has 0 atom stereocenters. The summed E-state index contributed by atoms with van der Waals surface area (Å²) in [4.78, 5) is 0. The summed E-state index contributed by atoms with van der Waals surface area (Å²) in [6.45, 7) is 7.25. The number of unbranched alkanes of at least 4 members (excludes halogenated alkanes) is 1. The molecule has 0 saturated heterocycles. The fraction of sp³-hybridized carbons (Fsp3) is 0.692. The highest BCUT2D eigenvalue weighted by Gasteiger charge is 1.94. The molecule has 0 aliphatic heterocycles. The maximum atomic E-state index is 5.48. The predicted molar refractivity (Wildman–Crippen MR) is 71.2 cm³/mol. The molecule has 0 radical (unpaired) electrons. The quantitative estimate of drug-likeness (QED) is 0.671. The topological polar surface area (TPSA) is 21.3 Å². The van der Waals surface area contributed by atoms with Gasteiger partial charge < -0.3 is 10.1 Å². The van der Waals surface area contributed by atoms with Gasteiger partial charge in [0.2, 0.25) is 0 Å². The first-order chi connectivity index (χ1) is 7.79. The highest BCUT2D eigenvalue weighted by atomic mass is 32.1. The van der Waals surface area contributed by atoms with Crippen molar-refractivity contribution in [2.24, 2.45) is 0 Å². The molecule has 1 aromatic rings. The van der Waals surface area contributed by atoms with Crippen molar-refractivity contribution < 1.29 is 4.74 Å². The van der Waals surface area contributed by atoms with E-state index in [1.54, 1.807) is 11.3 Å². The molecule has 0 aliphatic carbocycles. The van der Waals surface area contributed by atoms with Crippen LogP contribution in [0.2, 0.25) is 0 Å². The van der Waals surface area contributed by atoms with Crippen LogP contribution in [0.3, 0.4) is 0 Å². The maximum Gasteiger partial charge on any atom is 0.0518 e. The fourth-order valence-corrected chi connectivity index (χ4v) is 2.17. The molecule has 1 heterocycles. The van der Waals surface area contributed by atoms with E-state index in [4.69, 9.17) is 4.74 Å². The van der Waals surface area contributed by atoms with Crippen LogP contribution in [0.4, 0.5) is 0 Å². The minimum Gasteiger partial charge on any atom is -0.379 e. The van der Waals surface area contributed by atoms with Crippen LogP contribution in [0.25, 0.3) is 0 Å². The van der Waals surface area contributed by atoms with Crippen molar-refractivity contribution in [3.05, 3.63) is 22.4 Å². The number of thiophene rings is 1. The van der Waals surface area contributed by atoms with Gasteiger partial charge in [-0.05, 0) is 68.6 Å². The lowest BCUT2D eigenvalue weighted by molar-refractivity contribution is 0.0760. The standard InChI is InChI=1S/C13H23NOS/c1-12(2)15-9-4-3-7-14-8-5-13-6-10-16-11-13/h6,10-12,14H,3-5,7-9H2,1-2H3. The van der Waals surface area contributed by atoms with E-state index in [0.29, 0.717) is 6.10 Å². The maximum absolute atomic E-state index is 5.48. The lowest BCUT2D eigenvalue weighted by atomic mass is 10.2. The van der Waals surface area contributed by atoms with Gasteiger partial charge in [-0.15, -0.1) is 0 Å². The van der Waals surface area contributed by atoms with E-state index in [0.717, 1.165) is 32.5 Å². The van der Waals surface area contributed by atoms with E-state index in [1.807, 2.05) is 0 Å². The second kappa shape index (κ2) is 8.74. The zero-order valence-electron chi connectivity index (χ0n) is 10.4. The molecular formula is C13H23NOS. The van der Waals surface area contributed by atoms with Crippen LogP contribution in [-0.2, 0) is 11.2 Å². The first kappa shape index (κ1) is 13.7. The average molecular weight is 241 g/mol. The van der Waals surface area contributed by atoms with E-state index in [2.05, 4.69) is 36.0 Å². The number of nitrogens with one attached hydrogen (secondary N) is 1. The number of rotatable bonds is 9. The smallest absolute Gasteiger partial charge is 0.0518 e. The lowest BCUT2D eigenvalue weighted by Crippen LogP contribution is -2.18. The van der Waals surface area contributed by atoms with Gasteiger partial charge >= 0.3 is 0 Å². The zero-order chi connectivity index (χ0) is 11.6. The minimum absolute atomic E-state index is 0.367. The van der Waals surface area contributed by atoms with Crippen molar-refractivity contribution >= 4 is 11.3 Å². The Balaban J connectivity index is 1.82. The average Bonchev–Trinajstić information content (AvgIpc) is 2.74. The van der Waals surface area contributed by atoms with Crippen molar-refractivity contribution in [2.45, 2.75) is 39.2 Å². The molecule has 2 nitrogen and oxygen atoms in total. The lowest BCUT2D eigenvalue weighted by Gasteiger charge is -2.07. The van der Waals surface area contributed by atoms with Crippen LogP contribution >= 0.6 is 11.3 Å². The van der Waals surface area contributed by atoms with Gasteiger partial charge in [-0.1, -0.05) is 0 Å². The van der Waals surface area contributed by atoms with Crippen molar-refractivity contribution in [1.82, 2.24) is 5.32 Å². The first-order valence-electron chi connectivity index (χ1n) is 6.12. The molecule has 0 amide bonds. The third-order valence-electron chi connectivity index (χ3n) is 2.37. The fourth-order valence-electron chi connectivity index (χ4n) is 1.46. The highest BCUT2D eigenvalue weighted by Crippen LogP contribution is 2.05. The second-order valence-electron chi connectivity index (χ2n) is 4.26. The van der Waals surface area contributed by atoms with Crippen molar-refractivity contribution in [3.63, 3.8) is 0 Å². The summed E-state index contributed by atoms with van der Waals surface area (Å²) in [5.74, 6) is 0. The molecule has 1 N–H and O–H groups in total. The molecule has 92 valence electrons. The van der Waals surface area contributed by atoms with Crippen molar-refractivity contribution in [1.29, 1.82) is 0 Å². The summed E-state index contributed by atoms with van der Waals surface area (Å²) >= 11 is 1.77. The molecule has 0 bridgehead atoms. The summed E-state index contributed by atoms with van der Waals surface area (Å²) in [5, 5.41) is 7.82. The Morgan fingerprint density at radius 2 is 2.19 bits per heavy atom. The van der Waals surface area contributed by atoms with Crippen LogP contribution in [0.5, 0.6) is 0 Å². The van der Waals surface area contributed by atoms with Gasteiger partial charge in [0.15, 0.2) is 0 Å². The third kappa shape index (κ3) is 6.99. The Kier molecular flexibility index (Phi) is 7.47. The minimum atomic E-state index is 0.367. The second-order valence-corrected chi connectivity index (χ2v) is 5.04. The van der Waals surface area contributed by atoms with Crippen LogP contribution in [0.1, 0.15) is 32.3 Å². The molecule has 1 rings (SSSR count). The van der Waals surface area contributed by atoms with E-state index in [9.17, 15) is 0 Å². The monoisotopic (exact) mass is 241 g/mol. The van der Waals surface area contributed by atoms with Crippen LogP contribution in [0.15, 0.2) is 16.8 Å². The number of ether oxygens (including phenoxy) is 1. The van der Waals surface area contributed by atoms with Crippen LogP contribution in [0, 0.1) is 0 Å². The highest BCUT2D eigenvalue weighted by molar-refractivity contribution is 7.07. The first-order valence-corrected chi connectivity index (χ1v) is 7.06. The van der Waals surface area contributed by atoms with E-state index in [-0.39, 0.29) is 0 Å². The molecule has 0 spiro atoms. The van der Waals surface area contributed by atoms with Gasteiger partial charge in [0.05, 0.1) is 6.10 Å². The van der Waals surface area contributed by atoms with Gasteiger partial charge in [0.25, 0.3) is 0 Å². The SMILES string of the molecule is CC(C)OCCCCNCCc1ccsc1. The molecule has 0 aliphatic rings. The van der Waals surface area contributed by atoms with Crippen LogP contribution < -0.4 is 5.32 Å². The van der Waals surface area contributed by atoms with Crippen molar-refractivity contribution in [3.8, 4) is 0 Å². The number of hydrogen-bond donors (Lipinski definition) is 1. The Bertz CT molecular complexity index is 246. The molecule has 3 heteroatoms. The zero-order valence-corrected chi connectivity index (χ0v) is 11.2. The van der Waals surface area contributed by atoms with Gasteiger partial charge in [0.1, 0.15) is 0 Å². The van der Waals surface area contributed by atoms with Crippen LogP contribution in [-0.4, -0.2) is 25.8 Å². The Morgan fingerprint density at radius 3 is 2.88 bits per heavy atom. The van der Waals surface area contributed by atoms with E-state index in [1.165, 1.54) is 12.0 Å². The van der Waals surface area contributed by atoms with Gasteiger partial charge in [-0.25, -0.2) is 0 Å². The molecule has 0 saturated carbocycles. The summed E-state index contributed by atoms with van der Waals surface area (Å²) in [5.41, 5.74) is 1.45. The summed E-state index contributed by atoms with van der Waals surface area (Å²) < 4.78 is 5.48. The summed E-state index contributed by atoms with van der Waals surface area (Å²) in [7, 11) is 0. The van der Waals surface area contributed by atoms with E-state index >= 15 is 0 Å². The molecule has 0 fully saturated rings. The van der Waals surface area contributed by atoms with Gasteiger partial charge in [-0.3, -0.25) is 0 Å². The Labute approximate surface area is 103 Å². The molecule has 16 heavy (non-hydrogen) atoms.